The van der Waals surface area contributed by atoms with Gasteiger partial charge in [-0.3, -0.25) is 4.39 Å². The van der Waals surface area contributed by atoms with Crippen LogP contribution in [0.4, 0.5) is 13.2 Å². The van der Waals surface area contributed by atoms with Crippen molar-refractivity contribution < 1.29 is 13.2 Å². The van der Waals surface area contributed by atoms with E-state index in [0.717, 1.165) is 5.56 Å². The van der Waals surface area contributed by atoms with Gasteiger partial charge in [0.1, 0.15) is 11.6 Å². The number of aryl methyl sites for hydroxylation is 1. The summed E-state index contributed by atoms with van der Waals surface area (Å²) in [6, 6.07) is 10.5. The standard InChI is InChI=1S/C15H13F3/c16-9-1-2-11-3-8-14(15(18)10-11)12-4-6-13(17)7-5-12/h3-8,10H,1-2,9H2. The van der Waals surface area contributed by atoms with Gasteiger partial charge in [0.05, 0.1) is 6.67 Å². The van der Waals surface area contributed by atoms with Crippen molar-refractivity contribution in [2.75, 3.05) is 6.67 Å². The lowest BCUT2D eigenvalue weighted by molar-refractivity contribution is 0.472. The third-order valence-electron chi connectivity index (χ3n) is 2.79. The average Bonchev–Trinajstić information content (AvgIpc) is 2.38. The highest BCUT2D eigenvalue weighted by molar-refractivity contribution is 5.64. The predicted octanol–water partition coefficient (Wildman–Crippen LogP) is 4.53. The van der Waals surface area contributed by atoms with Gasteiger partial charge in [0.15, 0.2) is 0 Å². The molecule has 0 aliphatic heterocycles. The number of halogens is 3. The van der Waals surface area contributed by atoms with E-state index < -0.39 is 6.67 Å². The number of rotatable bonds is 4. The SMILES string of the molecule is FCCCc1ccc(-c2ccc(F)cc2)c(F)c1. The molecule has 0 atom stereocenters. The van der Waals surface area contributed by atoms with Crippen LogP contribution in [0.5, 0.6) is 0 Å². The van der Waals surface area contributed by atoms with Crippen LogP contribution in [-0.4, -0.2) is 6.67 Å². The van der Waals surface area contributed by atoms with Crippen molar-refractivity contribution in [2.24, 2.45) is 0 Å². The zero-order valence-corrected chi connectivity index (χ0v) is 9.80. The molecule has 0 saturated heterocycles. The molecule has 94 valence electrons. The van der Waals surface area contributed by atoms with Crippen LogP contribution in [0, 0.1) is 11.6 Å². The maximum atomic E-state index is 13.9. The molecule has 0 radical (unpaired) electrons. The van der Waals surface area contributed by atoms with Gasteiger partial charge in [-0.2, -0.15) is 0 Å². The van der Waals surface area contributed by atoms with Crippen molar-refractivity contribution in [2.45, 2.75) is 12.8 Å². The second-order valence-corrected chi connectivity index (χ2v) is 4.11. The van der Waals surface area contributed by atoms with Gasteiger partial charge in [0, 0.05) is 5.56 Å². The molecule has 3 heteroatoms. The predicted molar refractivity (Wildman–Crippen MR) is 66.1 cm³/mol. The molecule has 0 heterocycles. The van der Waals surface area contributed by atoms with Gasteiger partial charge < -0.3 is 0 Å². The van der Waals surface area contributed by atoms with Gasteiger partial charge in [0.2, 0.25) is 0 Å². The first kappa shape index (κ1) is 12.7. The van der Waals surface area contributed by atoms with Crippen LogP contribution >= 0.6 is 0 Å². The van der Waals surface area contributed by atoms with Crippen LogP contribution in [0.15, 0.2) is 42.5 Å². The lowest BCUT2D eigenvalue weighted by Crippen LogP contribution is -1.91. The quantitative estimate of drug-likeness (QED) is 0.747. The Morgan fingerprint density at radius 2 is 1.61 bits per heavy atom. The minimum atomic E-state index is -0.401. The summed E-state index contributed by atoms with van der Waals surface area (Å²) in [5, 5.41) is 0. The summed E-state index contributed by atoms with van der Waals surface area (Å²) in [5.41, 5.74) is 1.83. The second kappa shape index (κ2) is 5.71. The van der Waals surface area contributed by atoms with E-state index in [0.29, 0.717) is 24.0 Å². The third-order valence-corrected chi connectivity index (χ3v) is 2.79. The lowest BCUT2D eigenvalue weighted by Gasteiger charge is -2.06. The Hall–Kier alpha value is -1.77. The number of alkyl halides is 1. The molecule has 0 aliphatic carbocycles. The molecule has 2 rings (SSSR count). The first-order valence-electron chi connectivity index (χ1n) is 5.81. The zero-order valence-electron chi connectivity index (χ0n) is 9.80. The van der Waals surface area contributed by atoms with Crippen LogP contribution in [0.25, 0.3) is 11.1 Å². The van der Waals surface area contributed by atoms with Gasteiger partial charge >= 0.3 is 0 Å². The van der Waals surface area contributed by atoms with E-state index in [-0.39, 0.29) is 11.6 Å². The van der Waals surface area contributed by atoms with Crippen molar-refractivity contribution in [3.63, 3.8) is 0 Å². The first-order valence-corrected chi connectivity index (χ1v) is 5.81. The van der Waals surface area contributed by atoms with E-state index in [1.54, 1.807) is 12.1 Å². The fraction of sp³-hybridized carbons (Fsp3) is 0.200. The monoisotopic (exact) mass is 250 g/mol. The second-order valence-electron chi connectivity index (χ2n) is 4.11. The molecule has 18 heavy (non-hydrogen) atoms. The third kappa shape index (κ3) is 2.92. The maximum absolute atomic E-state index is 13.9. The number of hydrogen-bond acceptors (Lipinski definition) is 0. The van der Waals surface area contributed by atoms with Crippen molar-refractivity contribution in [1.29, 1.82) is 0 Å². The average molecular weight is 250 g/mol. The van der Waals surface area contributed by atoms with Crippen LogP contribution < -0.4 is 0 Å². The van der Waals surface area contributed by atoms with E-state index >= 15 is 0 Å². The normalized spacial score (nSPS) is 10.6. The summed E-state index contributed by atoms with van der Waals surface area (Å²) in [5.74, 6) is -0.711. The van der Waals surface area contributed by atoms with Gasteiger partial charge in [-0.15, -0.1) is 0 Å². The Morgan fingerprint density at radius 3 is 2.22 bits per heavy atom. The van der Waals surface area contributed by atoms with Crippen LogP contribution in [0.1, 0.15) is 12.0 Å². The van der Waals surface area contributed by atoms with Crippen molar-refractivity contribution >= 4 is 0 Å². The first-order chi connectivity index (χ1) is 8.70. The molecule has 0 bridgehead atoms. The molecule has 2 aromatic carbocycles. The van der Waals surface area contributed by atoms with E-state index in [2.05, 4.69) is 0 Å². The van der Waals surface area contributed by atoms with Crippen molar-refractivity contribution in [3.8, 4) is 11.1 Å². The molecule has 0 fully saturated rings. The molecule has 0 amide bonds. The molecule has 0 nitrogen and oxygen atoms in total. The molecule has 0 spiro atoms. The molecule has 0 N–H and O–H groups in total. The van der Waals surface area contributed by atoms with Gasteiger partial charge in [-0.05, 0) is 42.2 Å². The fourth-order valence-electron chi connectivity index (χ4n) is 1.85. The topological polar surface area (TPSA) is 0 Å². The summed E-state index contributed by atoms with van der Waals surface area (Å²) in [4.78, 5) is 0. The van der Waals surface area contributed by atoms with E-state index in [9.17, 15) is 13.2 Å². The highest BCUT2D eigenvalue weighted by Gasteiger charge is 2.06. The minimum absolute atomic E-state index is 0.348. The number of hydrogen-bond donors (Lipinski definition) is 0. The highest BCUT2D eigenvalue weighted by atomic mass is 19.1. The summed E-state index contributed by atoms with van der Waals surface area (Å²) in [6.07, 6.45) is 0.923. The fourth-order valence-corrected chi connectivity index (χ4v) is 1.85. The van der Waals surface area contributed by atoms with E-state index in [4.69, 9.17) is 0 Å². The van der Waals surface area contributed by atoms with Crippen LogP contribution in [0.2, 0.25) is 0 Å². The molecule has 0 aliphatic rings. The minimum Gasteiger partial charge on any atom is -0.251 e. The van der Waals surface area contributed by atoms with Crippen LogP contribution in [-0.2, 0) is 6.42 Å². The van der Waals surface area contributed by atoms with Gasteiger partial charge in [-0.25, -0.2) is 8.78 Å². The smallest absolute Gasteiger partial charge is 0.131 e. The molecular formula is C15H13F3. The molecule has 0 aromatic heterocycles. The van der Waals surface area contributed by atoms with Crippen LogP contribution in [0.3, 0.4) is 0 Å². The Morgan fingerprint density at radius 1 is 0.889 bits per heavy atom. The summed E-state index contributed by atoms with van der Waals surface area (Å²) < 4.78 is 38.7. The Labute approximate surface area is 104 Å². The highest BCUT2D eigenvalue weighted by Crippen LogP contribution is 2.24. The van der Waals surface area contributed by atoms with Crippen molar-refractivity contribution in [3.05, 3.63) is 59.7 Å². The largest absolute Gasteiger partial charge is 0.251 e. The van der Waals surface area contributed by atoms with Gasteiger partial charge in [-0.1, -0.05) is 24.3 Å². The van der Waals surface area contributed by atoms with E-state index in [1.165, 1.54) is 30.3 Å². The molecule has 2 aromatic rings. The van der Waals surface area contributed by atoms with Crippen molar-refractivity contribution in [1.82, 2.24) is 0 Å². The molecule has 0 saturated carbocycles. The number of benzene rings is 2. The molecule has 0 unspecified atom stereocenters. The Balaban J connectivity index is 2.26. The summed E-state index contributed by atoms with van der Waals surface area (Å²) in [7, 11) is 0. The Bertz CT molecular complexity index is 518. The van der Waals surface area contributed by atoms with E-state index in [1.807, 2.05) is 0 Å². The zero-order chi connectivity index (χ0) is 13.0. The molecular weight excluding hydrogens is 237 g/mol. The lowest BCUT2D eigenvalue weighted by atomic mass is 10.0. The summed E-state index contributed by atoms with van der Waals surface area (Å²) in [6.45, 7) is -0.401. The summed E-state index contributed by atoms with van der Waals surface area (Å²) >= 11 is 0. The Kier molecular flexibility index (Phi) is 4.03. The van der Waals surface area contributed by atoms with Gasteiger partial charge in [0.25, 0.3) is 0 Å². The maximum Gasteiger partial charge on any atom is 0.131 e.